The van der Waals surface area contributed by atoms with Gasteiger partial charge in [0, 0.05) is 30.8 Å². The zero-order chi connectivity index (χ0) is 27.9. The van der Waals surface area contributed by atoms with Crippen molar-refractivity contribution in [1.29, 1.82) is 0 Å². The molecule has 2 fully saturated rings. The Kier molecular flexibility index (Phi) is 11.1. The molecular formula is C28H44N4O4S2. The Labute approximate surface area is 236 Å². The molecule has 0 spiro atoms. The maximum Gasteiger partial charge on any atom is 0.411 e. The molecule has 38 heavy (non-hydrogen) atoms. The minimum absolute atomic E-state index is 0.235. The van der Waals surface area contributed by atoms with Crippen LogP contribution >= 0.6 is 23.7 Å². The number of carbonyl (C=O) groups excluding carboxylic acids is 3. The van der Waals surface area contributed by atoms with E-state index < -0.39 is 23.8 Å². The van der Waals surface area contributed by atoms with Crippen molar-refractivity contribution in [1.82, 2.24) is 14.9 Å². The number of carbonyl (C=O) groups is 3. The molecule has 0 aromatic heterocycles. The molecule has 1 aromatic rings. The van der Waals surface area contributed by atoms with Gasteiger partial charge in [0.1, 0.15) is 17.7 Å². The summed E-state index contributed by atoms with van der Waals surface area (Å²) in [5.41, 5.74) is 1.79. The SMILES string of the molecule is C[C@@H](NC(=O)[C@@H]1CSCN1C(=O)OC(C)(C)C)C(=O)NSC(Cc1ccc(N(C)C)cc1)C1CCCCC1. The van der Waals surface area contributed by atoms with Crippen molar-refractivity contribution in [3.63, 3.8) is 0 Å². The van der Waals surface area contributed by atoms with Gasteiger partial charge in [-0.1, -0.05) is 31.4 Å². The van der Waals surface area contributed by atoms with E-state index in [9.17, 15) is 14.4 Å². The van der Waals surface area contributed by atoms with Gasteiger partial charge in [0.15, 0.2) is 0 Å². The van der Waals surface area contributed by atoms with Crippen molar-refractivity contribution in [2.75, 3.05) is 30.6 Å². The fraction of sp³-hybridized carbons (Fsp3) is 0.679. The molecule has 3 amide bonds. The van der Waals surface area contributed by atoms with Crippen LogP contribution in [0, 0.1) is 5.92 Å². The van der Waals surface area contributed by atoms with E-state index in [0.29, 0.717) is 17.5 Å². The molecule has 3 atom stereocenters. The van der Waals surface area contributed by atoms with E-state index >= 15 is 0 Å². The van der Waals surface area contributed by atoms with Crippen LogP contribution in [0.25, 0.3) is 0 Å². The second-order valence-electron chi connectivity index (χ2n) is 11.5. The van der Waals surface area contributed by atoms with E-state index in [4.69, 9.17) is 4.74 Å². The number of anilines is 1. The Morgan fingerprint density at radius 1 is 1.13 bits per heavy atom. The van der Waals surface area contributed by atoms with Crippen LogP contribution in [-0.4, -0.2) is 71.5 Å². The van der Waals surface area contributed by atoms with Gasteiger partial charge in [-0.3, -0.25) is 19.2 Å². The second kappa shape index (κ2) is 13.8. The number of benzene rings is 1. The number of thioether (sulfide) groups is 1. The van der Waals surface area contributed by atoms with Crippen molar-refractivity contribution in [2.45, 2.75) is 89.2 Å². The van der Waals surface area contributed by atoms with Crippen molar-refractivity contribution < 1.29 is 19.1 Å². The van der Waals surface area contributed by atoms with Crippen LogP contribution < -0.4 is 14.9 Å². The smallest absolute Gasteiger partial charge is 0.411 e. The molecule has 8 nitrogen and oxygen atoms in total. The Bertz CT molecular complexity index is 945. The maximum absolute atomic E-state index is 13.0. The normalized spacial score (nSPS) is 19.9. The summed E-state index contributed by atoms with van der Waals surface area (Å²) >= 11 is 2.99. The average molecular weight is 565 g/mol. The molecule has 1 aliphatic carbocycles. The van der Waals surface area contributed by atoms with Crippen molar-refractivity contribution in [3.8, 4) is 0 Å². The third-order valence-electron chi connectivity index (χ3n) is 6.94. The molecule has 1 saturated heterocycles. The molecule has 2 N–H and O–H groups in total. The van der Waals surface area contributed by atoms with Gasteiger partial charge >= 0.3 is 6.09 Å². The zero-order valence-electron chi connectivity index (χ0n) is 23.6. The maximum atomic E-state index is 13.0. The lowest BCUT2D eigenvalue weighted by Crippen LogP contribution is -2.53. The lowest BCUT2D eigenvalue weighted by atomic mass is 9.85. The average Bonchev–Trinajstić information content (AvgIpc) is 3.36. The highest BCUT2D eigenvalue weighted by Gasteiger charge is 2.38. The number of nitrogens with one attached hydrogen (secondary N) is 2. The molecule has 212 valence electrons. The summed E-state index contributed by atoms with van der Waals surface area (Å²) in [7, 11) is 4.07. The Balaban J connectivity index is 1.56. The predicted octanol–water partition coefficient (Wildman–Crippen LogP) is 4.82. The van der Waals surface area contributed by atoms with Crippen LogP contribution in [0.1, 0.15) is 65.4 Å². The van der Waals surface area contributed by atoms with Gasteiger partial charge in [-0.2, -0.15) is 0 Å². The Morgan fingerprint density at radius 3 is 2.39 bits per heavy atom. The highest BCUT2D eigenvalue weighted by atomic mass is 32.2. The molecule has 1 heterocycles. The summed E-state index contributed by atoms with van der Waals surface area (Å²) < 4.78 is 8.49. The molecular weight excluding hydrogens is 520 g/mol. The molecule has 0 bridgehead atoms. The van der Waals surface area contributed by atoms with Crippen LogP contribution in [0.3, 0.4) is 0 Å². The van der Waals surface area contributed by atoms with Crippen LogP contribution in [0.4, 0.5) is 10.5 Å². The first-order chi connectivity index (χ1) is 17.9. The quantitative estimate of drug-likeness (QED) is 0.416. The van der Waals surface area contributed by atoms with E-state index in [-0.39, 0.29) is 17.1 Å². The molecule has 10 heteroatoms. The first-order valence-corrected chi connectivity index (χ1v) is 15.6. The highest BCUT2D eigenvalue weighted by Crippen LogP contribution is 2.34. The number of hydrogen-bond acceptors (Lipinski definition) is 7. The lowest BCUT2D eigenvalue weighted by Gasteiger charge is -2.30. The molecule has 1 aromatic carbocycles. The van der Waals surface area contributed by atoms with Gasteiger partial charge in [-0.15, -0.1) is 11.8 Å². The third kappa shape index (κ3) is 9.00. The largest absolute Gasteiger partial charge is 0.444 e. The van der Waals surface area contributed by atoms with Crippen molar-refractivity contribution in [3.05, 3.63) is 29.8 Å². The summed E-state index contributed by atoms with van der Waals surface area (Å²) in [5.74, 6) is 0.845. The van der Waals surface area contributed by atoms with E-state index in [1.165, 1.54) is 72.0 Å². The fourth-order valence-electron chi connectivity index (χ4n) is 4.73. The van der Waals surface area contributed by atoms with E-state index in [0.717, 1.165) is 6.42 Å². The standard InChI is InChI=1S/C28H44N4O4S2/c1-19(29-26(34)23-17-37-18-32(23)27(35)36-28(2,3)4)25(33)30-38-24(21-10-8-7-9-11-21)16-20-12-14-22(15-13-20)31(5)6/h12-15,19,21,23-24H,7-11,16-18H2,1-6H3,(H,29,34)(H,30,33)/t19-,23+,24?/m1/s1. The van der Waals surface area contributed by atoms with Gasteiger partial charge < -0.3 is 15.0 Å². The molecule has 1 saturated carbocycles. The zero-order valence-corrected chi connectivity index (χ0v) is 25.3. The monoisotopic (exact) mass is 564 g/mol. The van der Waals surface area contributed by atoms with Gasteiger partial charge in [0.25, 0.3) is 5.91 Å². The van der Waals surface area contributed by atoms with Gasteiger partial charge in [-0.25, -0.2) is 4.79 Å². The van der Waals surface area contributed by atoms with Crippen LogP contribution in [-0.2, 0) is 20.7 Å². The van der Waals surface area contributed by atoms with Crippen LogP contribution in [0.15, 0.2) is 24.3 Å². The topological polar surface area (TPSA) is 91.0 Å². The number of amides is 3. The number of nitrogens with zero attached hydrogens (tertiary/aromatic N) is 2. The molecule has 0 radical (unpaired) electrons. The van der Waals surface area contributed by atoms with Crippen molar-refractivity contribution >= 4 is 47.3 Å². The first kappa shape index (κ1) is 30.5. The molecule has 3 rings (SSSR count). The summed E-state index contributed by atoms with van der Waals surface area (Å²) in [6.07, 6.45) is 6.47. The minimum Gasteiger partial charge on any atom is -0.444 e. The highest BCUT2D eigenvalue weighted by molar-refractivity contribution is 7.99. The first-order valence-electron chi connectivity index (χ1n) is 13.5. The summed E-state index contributed by atoms with van der Waals surface area (Å²) in [6.45, 7) is 7.08. The van der Waals surface area contributed by atoms with Crippen LogP contribution in [0.2, 0.25) is 0 Å². The minimum atomic E-state index is -0.715. The predicted molar refractivity (Wildman–Crippen MR) is 157 cm³/mol. The Hall–Kier alpha value is -2.07. The Morgan fingerprint density at radius 2 is 1.79 bits per heavy atom. The number of rotatable bonds is 9. The molecule has 1 unspecified atom stereocenters. The summed E-state index contributed by atoms with van der Waals surface area (Å²) in [6, 6.07) is 7.25. The fourth-order valence-corrected chi connectivity index (χ4v) is 7.06. The number of hydrogen-bond donors (Lipinski definition) is 2. The van der Waals surface area contributed by atoms with Gasteiger partial charge in [0.05, 0.1) is 5.88 Å². The molecule has 1 aliphatic heterocycles. The van der Waals surface area contributed by atoms with Gasteiger partial charge in [-0.05, 0) is 82.5 Å². The molecule has 2 aliphatic rings. The van der Waals surface area contributed by atoms with Crippen molar-refractivity contribution in [2.24, 2.45) is 5.92 Å². The lowest BCUT2D eigenvalue weighted by molar-refractivity contribution is -0.130. The van der Waals surface area contributed by atoms with E-state index in [2.05, 4.69) is 39.2 Å². The summed E-state index contributed by atoms with van der Waals surface area (Å²) in [4.78, 5) is 42.0. The second-order valence-corrected chi connectivity index (χ2v) is 13.5. The van der Waals surface area contributed by atoms with Gasteiger partial charge in [0.2, 0.25) is 5.91 Å². The third-order valence-corrected chi connectivity index (χ3v) is 9.13. The van der Waals surface area contributed by atoms with E-state index in [1.807, 2.05) is 14.1 Å². The number of ether oxygens (including phenoxy) is 1. The van der Waals surface area contributed by atoms with Crippen LogP contribution in [0.5, 0.6) is 0 Å². The summed E-state index contributed by atoms with van der Waals surface area (Å²) in [5, 5.41) is 3.07. The van der Waals surface area contributed by atoms with E-state index in [1.54, 1.807) is 27.7 Å².